The van der Waals surface area contributed by atoms with Gasteiger partial charge in [-0.15, -0.1) is 0 Å². The van der Waals surface area contributed by atoms with Crippen LogP contribution in [0.25, 0.3) is 0 Å². The van der Waals surface area contributed by atoms with Crippen molar-refractivity contribution >= 4 is 0 Å². The van der Waals surface area contributed by atoms with Crippen LogP contribution in [0.15, 0.2) is 0 Å². The molecule has 0 aromatic heterocycles. The van der Waals surface area contributed by atoms with Crippen LogP contribution in [0.2, 0.25) is 0 Å². The molecule has 12 nitrogen and oxygen atoms in total. The fourth-order valence-corrected chi connectivity index (χ4v) is 2.52. The molecule has 10 N–H and O–H groups in total. The number of hydrogen-bond donors (Lipinski definition) is 8. The predicted octanol–water partition coefficient (Wildman–Crippen LogP) is -6.22. The van der Waals surface area contributed by atoms with Crippen LogP contribution in [-0.2, 0) is 14.2 Å². The van der Waals surface area contributed by atoms with E-state index in [4.69, 9.17) is 24.4 Å². The molecule has 144 valence electrons. The number of aliphatic hydroxyl groups excluding tert-OH is 7. The molecule has 9 unspecified atom stereocenters. The van der Waals surface area contributed by atoms with Gasteiger partial charge < -0.3 is 60.5 Å². The second-order valence-corrected chi connectivity index (χ2v) is 5.62. The van der Waals surface area contributed by atoms with Gasteiger partial charge in [0.15, 0.2) is 6.29 Å². The van der Waals surface area contributed by atoms with E-state index >= 15 is 0 Å². The summed E-state index contributed by atoms with van der Waals surface area (Å²) in [7, 11) is 0. The van der Waals surface area contributed by atoms with Gasteiger partial charge in [0, 0.05) is 0 Å². The lowest BCUT2D eigenvalue weighted by Gasteiger charge is -2.46. The van der Waals surface area contributed by atoms with Crippen LogP contribution < -0.4 is 0 Å². The monoisotopic (exact) mass is 360 g/mol. The van der Waals surface area contributed by atoms with Crippen molar-refractivity contribution < 1.29 is 60.5 Å². The minimum atomic E-state index is -2.38. The Kier molecular flexibility index (Phi) is 7.43. The first-order chi connectivity index (χ1) is 10.7. The summed E-state index contributed by atoms with van der Waals surface area (Å²) in [4.78, 5) is 0. The van der Waals surface area contributed by atoms with Crippen LogP contribution in [0.1, 0.15) is 0 Å². The predicted molar refractivity (Wildman–Crippen MR) is 72.3 cm³/mol. The summed E-state index contributed by atoms with van der Waals surface area (Å²) in [5.41, 5.74) is 0. The van der Waals surface area contributed by atoms with Gasteiger partial charge in [0.05, 0.1) is 19.8 Å². The van der Waals surface area contributed by atoms with Gasteiger partial charge in [-0.25, -0.2) is 0 Å². The molecule has 2 aliphatic rings. The molecule has 0 amide bonds. The van der Waals surface area contributed by atoms with Gasteiger partial charge in [0.1, 0.15) is 42.7 Å². The van der Waals surface area contributed by atoms with Crippen molar-refractivity contribution in [2.45, 2.75) is 54.8 Å². The van der Waals surface area contributed by atoms with Crippen molar-refractivity contribution in [3.8, 4) is 0 Å². The number of ether oxygens (including phenoxy) is 3. The highest BCUT2D eigenvalue weighted by atomic mass is 16.7. The third kappa shape index (κ3) is 3.85. The van der Waals surface area contributed by atoms with E-state index in [0.717, 1.165) is 0 Å². The minimum absolute atomic E-state index is 0. The fourth-order valence-electron chi connectivity index (χ4n) is 2.52. The molecule has 0 aromatic rings. The van der Waals surface area contributed by atoms with Gasteiger partial charge >= 0.3 is 0 Å². The average Bonchev–Trinajstić information content (AvgIpc) is 2.55. The van der Waals surface area contributed by atoms with E-state index in [9.17, 15) is 30.6 Å². The average molecular weight is 360 g/mol. The zero-order valence-corrected chi connectivity index (χ0v) is 12.5. The maximum absolute atomic E-state index is 10.00. The zero-order valence-electron chi connectivity index (χ0n) is 12.5. The largest absolute Gasteiger partial charge is 0.412 e. The number of aliphatic hydroxyl groups is 8. The Morgan fingerprint density at radius 3 is 2.17 bits per heavy atom. The molecule has 0 radical (unpaired) electrons. The van der Waals surface area contributed by atoms with Crippen LogP contribution in [0.4, 0.5) is 0 Å². The molecule has 2 heterocycles. The van der Waals surface area contributed by atoms with E-state index in [1.165, 1.54) is 0 Å². The normalized spacial score (nSPS) is 49.5. The van der Waals surface area contributed by atoms with Crippen LogP contribution in [0.5, 0.6) is 0 Å². The van der Waals surface area contributed by atoms with Crippen LogP contribution in [0.3, 0.4) is 0 Å². The molecule has 0 saturated carbocycles. The van der Waals surface area contributed by atoms with Crippen molar-refractivity contribution in [3.05, 3.63) is 0 Å². The van der Waals surface area contributed by atoms with Gasteiger partial charge in [0.2, 0.25) is 5.79 Å². The second kappa shape index (κ2) is 8.27. The van der Waals surface area contributed by atoms with Crippen LogP contribution in [0, 0.1) is 0 Å². The van der Waals surface area contributed by atoms with Crippen molar-refractivity contribution in [3.63, 3.8) is 0 Å². The van der Waals surface area contributed by atoms with Gasteiger partial charge in [-0.2, -0.15) is 0 Å². The zero-order chi connectivity index (χ0) is 17.4. The summed E-state index contributed by atoms with van der Waals surface area (Å²) in [5, 5.41) is 77.1. The smallest absolute Gasteiger partial charge is 0.218 e. The molecule has 2 aliphatic heterocycles. The Morgan fingerprint density at radius 2 is 1.62 bits per heavy atom. The molecule has 2 fully saturated rings. The molecule has 2 saturated heterocycles. The van der Waals surface area contributed by atoms with Crippen molar-refractivity contribution in [1.82, 2.24) is 0 Å². The Bertz CT molecular complexity index is 394. The first-order valence-corrected chi connectivity index (χ1v) is 7.04. The minimum Gasteiger partial charge on any atom is -0.412 e. The Morgan fingerprint density at radius 1 is 1.00 bits per heavy atom. The number of rotatable bonds is 4. The molecule has 0 spiro atoms. The van der Waals surface area contributed by atoms with E-state index in [2.05, 4.69) is 0 Å². The Balaban J connectivity index is 0.00000288. The molecule has 12 heteroatoms. The highest BCUT2D eigenvalue weighted by molar-refractivity contribution is 4.95. The lowest BCUT2D eigenvalue weighted by Crippen LogP contribution is -2.66. The SMILES string of the molecule is O.OCC1OC(OC2C(O)COC(O)(CO)C2O)C(O)C(O)C1O. The standard InChI is InChI=1S/C12H22O11.H2O/c13-1-5-6(16)7(17)8(18)11(22-5)23-9-4(15)2-21-12(20,3-14)10(9)19;/h4-11,13-20H,1-3H2;1H2. The molecule has 24 heavy (non-hydrogen) atoms. The van der Waals surface area contributed by atoms with E-state index in [1.54, 1.807) is 0 Å². The van der Waals surface area contributed by atoms with E-state index < -0.39 is 74.6 Å². The first kappa shape index (κ1) is 21.6. The van der Waals surface area contributed by atoms with E-state index in [0.29, 0.717) is 0 Å². The Hall–Kier alpha value is -0.480. The topological polar surface area (TPSA) is 221 Å². The summed E-state index contributed by atoms with van der Waals surface area (Å²) >= 11 is 0. The summed E-state index contributed by atoms with van der Waals surface area (Å²) in [6.45, 7) is -2.13. The lowest BCUT2D eigenvalue weighted by molar-refractivity contribution is -0.373. The van der Waals surface area contributed by atoms with Gasteiger partial charge in [0.25, 0.3) is 0 Å². The quantitative estimate of drug-likeness (QED) is 0.235. The van der Waals surface area contributed by atoms with Gasteiger partial charge in [-0.3, -0.25) is 0 Å². The summed E-state index contributed by atoms with van der Waals surface area (Å²) < 4.78 is 15.1. The second-order valence-electron chi connectivity index (χ2n) is 5.62. The molecule has 0 aliphatic carbocycles. The van der Waals surface area contributed by atoms with E-state index in [1.807, 2.05) is 0 Å². The highest BCUT2D eigenvalue weighted by Crippen LogP contribution is 2.29. The molecular weight excluding hydrogens is 336 g/mol. The van der Waals surface area contributed by atoms with Crippen molar-refractivity contribution in [1.29, 1.82) is 0 Å². The van der Waals surface area contributed by atoms with Crippen molar-refractivity contribution in [2.24, 2.45) is 0 Å². The first-order valence-electron chi connectivity index (χ1n) is 7.04. The number of hydrogen-bond acceptors (Lipinski definition) is 11. The third-order valence-corrected chi connectivity index (χ3v) is 4.02. The highest BCUT2D eigenvalue weighted by Gasteiger charge is 2.52. The lowest BCUT2D eigenvalue weighted by atomic mass is 9.96. The van der Waals surface area contributed by atoms with Crippen LogP contribution in [-0.4, -0.2) is 121 Å². The molecule has 0 aromatic carbocycles. The maximum Gasteiger partial charge on any atom is 0.218 e. The molecule has 9 atom stereocenters. The summed E-state index contributed by atoms with van der Waals surface area (Å²) in [6, 6.07) is 0. The maximum atomic E-state index is 10.00. The van der Waals surface area contributed by atoms with Crippen LogP contribution >= 0.6 is 0 Å². The third-order valence-electron chi connectivity index (χ3n) is 4.02. The van der Waals surface area contributed by atoms with Gasteiger partial charge in [-0.05, 0) is 0 Å². The van der Waals surface area contributed by atoms with Gasteiger partial charge in [-0.1, -0.05) is 0 Å². The molecular formula is C12H24O12. The summed E-state index contributed by atoms with van der Waals surface area (Å²) in [5.74, 6) is -2.38. The molecule has 0 bridgehead atoms. The Labute approximate surface area is 136 Å². The van der Waals surface area contributed by atoms with E-state index in [-0.39, 0.29) is 5.48 Å². The molecule has 2 rings (SSSR count). The summed E-state index contributed by atoms with van der Waals surface area (Å²) in [6.07, 6.45) is -12.7. The fraction of sp³-hybridized carbons (Fsp3) is 1.00. The van der Waals surface area contributed by atoms with Crippen molar-refractivity contribution in [2.75, 3.05) is 19.8 Å².